The zero-order valence-electron chi connectivity index (χ0n) is 20.4. The van der Waals surface area contributed by atoms with E-state index in [-0.39, 0.29) is 31.0 Å². The predicted octanol–water partition coefficient (Wildman–Crippen LogP) is 4.54. The highest BCUT2D eigenvalue weighted by Crippen LogP contribution is 2.49. The van der Waals surface area contributed by atoms with Gasteiger partial charge < -0.3 is 14.0 Å². The summed E-state index contributed by atoms with van der Waals surface area (Å²) in [6.07, 6.45) is 7.65. The van der Waals surface area contributed by atoms with Gasteiger partial charge >= 0.3 is 0 Å². The number of terminal acetylenes is 1. The third kappa shape index (κ3) is 4.92. The molecule has 3 heterocycles. The summed E-state index contributed by atoms with van der Waals surface area (Å²) in [6, 6.07) is 0.786. The van der Waals surface area contributed by atoms with Crippen LogP contribution in [0, 0.1) is 25.2 Å². The lowest BCUT2D eigenvalue weighted by Gasteiger charge is -2.37. The van der Waals surface area contributed by atoms with E-state index in [1.54, 1.807) is 6.33 Å². The van der Waals surface area contributed by atoms with Crippen LogP contribution in [0.2, 0.25) is 0 Å². The van der Waals surface area contributed by atoms with Crippen molar-refractivity contribution in [3.05, 3.63) is 12.2 Å². The molecule has 176 valence electrons. The van der Waals surface area contributed by atoms with Crippen molar-refractivity contribution in [2.45, 2.75) is 85.4 Å². The van der Waals surface area contributed by atoms with Gasteiger partial charge in [-0.1, -0.05) is 19.8 Å². The molecule has 8 nitrogen and oxygen atoms in total. The van der Waals surface area contributed by atoms with Gasteiger partial charge in [-0.05, 0) is 47.7 Å². The number of aromatic nitrogens is 4. The Labute approximate surface area is 192 Å². The van der Waals surface area contributed by atoms with Crippen LogP contribution in [0.25, 0.3) is 11.2 Å². The minimum Gasteiger partial charge on any atom is -0.463 e. The first-order valence-corrected chi connectivity index (χ1v) is 13.0. The molecular weight excluding hydrogens is 425 g/mol. The highest BCUT2D eigenvalue weighted by Gasteiger charge is 2.45. The maximum Gasteiger partial charge on any atom is 0.246 e. The van der Waals surface area contributed by atoms with Gasteiger partial charge in [-0.25, -0.2) is 9.97 Å². The van der Waals surface area contributed by atoms with Gasteiger partial charge in [0.1, 0.15) is 20.2 Å². The molecule has 2 unspecified atom stereocenters. The maximum atomic E-state index is 6.77. The average Bonchev–Trinajstić information content (AvgIpc) is 3.26. The molecule has 0 amide bonds. The van der Waals surface area contributed by atoms with Crippen LogP contribution in [0.3, 0.4) is 0 Å². The number of nitrogens with zero attached hydrogens (tertiary/aromatic N) is 5. The molecule has 2 aromatic heterocycles. The molecule has 1 saturated heterocycles. The second-order valence-electron chi connectivity index (χ2n) is 8.83. The predicted molar refractivity (Wildman–Crippen MR) is 128 cm³/mol. The summed E-state index contributed by atoms with van der Waals surface area (Å²) in [7, 11) is -0.811. The molecule has 0 N–H and O–H groups in total. The van der Waals surface area contributed by atoms with E-state index in [4.69, 9.17) is 20.4 Å². The summed E-state index contributed by atoms with van der Waals surface area (Å²) in [5.74, 6) is 3.68. The van der Waals surface area contributed by atoms with E-state index in [0.717, 1.165) is 6.42 Å². The Kier molecular flexibility index (Phi) is 8.11. The van der Waals surface area contributed by atoms with Crippen LogP contribution in [0.5, 0.6) is 5.88 Å². The molecule has 1 aliphatic rings. The van der Waals surface area contributed by atoms with Crippen LogP contribution in [0.4, 0.5) is 0 Å². The second-order valence-corrected chi connectivity index (χ2v) is 10.4. The Morgan fingerprint density at radius 1 is 1.28 bits per heavy atom. The highest BCUT2D eigenvalue weighted by atomic mass is 31.2. The third-order valence-corrected chi connectivity index (χ3v) is 7.95. The molecule has 5 atom stereocenters. The summed E-state index contributed by atoms with van der Waals surface area (Å²) < 4.78 is 23.3. The number of aryl methyl sites for hydroxylation is 1. The zero-order chi connectivity index (χ0) is 23.6. The quantitative estimate of drug-likeness (QED) is 0.401. The first-order chi connectivity index (χ1) is 15.2. The standard InChI is InChI=1S/C23H36N5O3P/c1-10-12-29-22-19-21(25-17(8)26-22)27(13-24-19)23-20(16(7)18(11-2)30-23)31-32(9)28(14(3)4)15(5)6/h1,13-16,18,20,23H,11-12H2,2-9H3/t16?,18-,20+,23-,32?/m1/s1. The summed E-state index contributed by atoms with van der Waals surface area (Å²) in [4.78, 5) is 13.6. The van der Waals surface area contributed by atoms with Gasteiger partial charge in [0, 0.05) is 18.0 Å². The molecule has 2 aromatic rings. The van der Waals surface area contributed by atoms with E-state index in [1.807, 2.05) is 11.5 Å². The number of hydrogen-bond donors (Lipinski definition) is 0. The first-order valence-electron chi connectivity index (χ1n) is 11.3. The molecule has 0 saturated carbocycles. The van der Waals surface area contributed by atoms with Crippen LogP contribution in [-0.2, 0) is 9.26 Å². The lowest BCUT2D eigenvalue weighted by molar-refractivity contribution is -0.0287. The van der Waals surface area contributed by atoms with E-state index in [0.29, 0.717) is 35.0 Å². The van der Waals surface area contributed by atoms with Crippen molar-refractivity contribution in [3.8, 4) is 18.2 Å². The van der Waals surface area contributed by atoms with Gasteiger partial charge in [-0.2, -0.15) is 4.98 Å². The topological polar surface area (TPSA) is 74.5 Å². The number of ether oxygens (including phenoxy) is 2. The number of imidazole rings is 1. The third-order valence-electron chi connectivity index (χ3n) is 5.83. The van der Waals surface area contributed by atoms with Crippen LogP contribution in [0.1, 0.15) is 60.0 Å². The van der Waals surface area contributed by atoms with Crippen LogP contribution in [0.15, 0.2) is 6.33 Å². The molecule has 0 aromatic carbocycles. The minimum atomic E-state index is -0.811. The summed E-state index contributed by atoms with van der Waals surface area (Å²) in [6.45, 7) is 17.3. The summed E-state index contributed by atoms with van der Waals surface area (Å²) in [5.41, 5.74) is 1.24. The fourth-order valence-electron chi connectivity index (χ4n) is 4.56. The van der Waals surface area contributed by atoms with Gasteiger partial charge in [-0.3, -0.25) is 9.24 Å². The number of hydrogen-bond acceptors (Lipinski definition) is 7. The average molecular weight is 462 g/mol. The van der Waals surface area contributed by atoms with E-state index in [1.165, 1.54) is 0 Å². The van der Waals surface area contributed by atoms with Crippen molar-refractivity contribution in [3.63, 3.8) is 0 Å². The molecule has 3 rings (SSSR count). The van der Waals surface area contributed by atoms with Gasteiger partial charge in [0.15, 0.2) is 24.0 Å². The molecule has 0 aliphatic carbocycles. The smallest absolute Gasteiger partial charge is 0.246 e. The number of fused-ring (bicyclic) bond motifs is 1. The van der Waals surface area contributed by atoms with E-state index >= 15 is 0 Å². The van der Waals surface area contributed by atoms with Crippen molar-refractivity contribution in [1.82, 2.24) is 24.2 Å². The Hall–Kier alpha value is -1.78. The minimum absolute atomic E-state index is 0.0949. The van der Waals surface area contributed by atoms with Crippen molar-refractivity contribution < 1.29 is 14.0 Å². The molecule has 9 heteroatoms. The van der Waals surface area contributed by atoms with Crippen molar-refractivity contribution in [2.24, 2.45) is 5.92 Å². The van der Waals surface area contributed by atoms with Crippen LogP contribution >= 0.6 is 8.30 Å². The molecule has 0 spiro atoms. The van der Waals surface area contributed by atoms with E-state index in [9.17, 15) is 0 Å². The van der Waals surface area contributed by atoms with Gasteiger partial charge in [0.25, 0.3) is 0 Å². The van der Waals surface area contributed by atoms with Gasteiger partial charge in [0.2, 0.25) is 5.88 Å². The lowest BCUT2D eigenvalue weighted by Crippen LogP contribution is -2.35. The highest BCUT2D eigenvalue weighted by molar-refractivity contribution is 7.49. The van der Waals surface area contributed by atoms with Gasteiger partial charge in [-0.15, -0.1) is 6.42 Å². The Morgan fingerprint density at radius 3 is 2.56 bits per heavy atom. The molecule has 0 radical (unpaired) electrons. The summed E-state index contributed by atoms with van der Waals surface area (Å²) in [5, 5.41) is 0. The summed E-state index contributed by atoms with van der Waals surface area (Å²) >= 11 is 0. The molecular formula is C23H36N5O3P. The zero-order valence-corrected chi connectivity index (χ0v) is 21.3. The Balaban J connectivity index is 1.98. The fraction of sp³-hybridized carbons (Fsp3) is 0.696. The molecule has 0 bridgehead atoms. The van der Waals surface area contributed by atoms with E-state index in [2.05, 4.69) is 73.8 Å². The van der Waals surface area contributed by atoms with Crippen LogP contribution < -0.4 is 4.74 Å². The monoisotopic (exact) mass is 461 g/mol. The number of rotatable bonds is 9. The Bertz CT molecular complexity index is 949. The lowest BCUT2D eigenvalue weighted by atomic mass is 9.99. The maximum absolute atomic E-state index is 6.77. The second kappa shape index (κ2) is 10.4. The molecule has 32 heavy (non-hydrogen) atoms. The molecule has 1 fully saturated rings. The first kappa shape index (κ1) is 24.9. The fourth-order valence-corrected chi connectivity index (χ4v) is 6.62. The normalized spacial score (nSPS) is 24.6. The Morgan fingerprint density at radius 2 is 1.97 bits per heavy atom. The van der Waals surface area contributed by atoms with Crippen LogP contribution in [-0.4, -0.2) is 61.8 Å². The largest absolute Gasteiger partial charge is 0.463 e. The SMILES string of the molecule is C#CCOc1nc(C)nc2c1ncn2[C@@H]1O[C@H](CC)C(C)[C@@H]1OP(C)N(C(C)C)C(C)C. The molecule has 1 aliphatic heterocycles. The van der Waals surface area contributed by atoms with Gasteiger partial charge in [0.05, 0.1) is 12.4 Å². The van der Waals surface area contributed by atoms with E-state index < -0.39 is 8.30 Å². The van der Waals surface area contributed by atoms with Crippen molar-refractivity contribution in [1.29, 1.82) is 0 Å². The van der Waals surface area contributed by atoms with Crippen molar-refractivity contribution >= 4 is 19.5 Å². The van der Waals surface area contributed by atoms with Crippen molar-refractivity contribution in [2.75, 3.05) is 13.3 Å².